The molecule has 1 aliphatic carbocycles. The van der Waals surface area contributed by atoms with Gasteiger partial charge in [-0.2, -0.15) is 0 Å². The number of ether oxygens (including phenoxy) is 2. The molecular weight excluding hydrogens is 527 g/mol. The summed E-state index contributed by atoms with van der Waals surface area (Å²) in [6, 6.07) is 9.95. The number of hydrogen-bond acceptors (Lipinski definition) is 3. The third kappa shape index (κ3) is 11.6. The van der Waals surface area contributed by atoms with Gasteiger partial charge in [0.25, 0.3) is 0 Å². The summed E-state index contributed by atoms with van der Waals surface area (Å²) in [7, 11) is 0. The Bertz CT molecular complexity index is 1030. The molecule has 3 rings (SSSR count). The molecule has 2 aromatic carbocycles. The van der Waals surface area contributed by atoms with Gasteiger partial charge in [0, 0.05) is 5.56 Å². The van der Waals surface area contributed by atoms with Gasteiger partial charge in [-0.05, 0) is 60.9 Å². The quantitative estimate of drug-likeness (QED) is 0.149. The van der Waals surface area contributed by atoms with Crippen LogP contribution in [-0.2, 0) is 0 Å². The van der Waals surface area contributed by atoms with Crippen molar-refractivity contribution in [3.8, 4) is 22.6 Å². The highest BCUT2D eigenvalue weighted by atomic mass is 19.1. The first kappa shape index (κ1) is 33.9. The molecule has 5 heteroatoms. The zero-order valence-corrected chi connectivity index (χ0v) is 26.3. The van der Waals surface area contributed by atoms with Gasteiger partial charge < -0.3 is 14.6 Å². The smallest absolute Gasteiger partial charge is 0.336 e. The summed E-state index contributed by atoms with van der Waals surface area (Å²) >= 11 is 0. The van der Waals surface area contributed by atoms with Gasteiger partial charge in [0.1, 0.15) is 5.75 Å². The Morgan fingerprint density at radius 3 is 1.88 bits per heavy atom. The second-order valence-electron chi connectivity index (χ2n) is 12.3. The van der Waals surface area contributed by atoms with Gasteiger partial charge in [-0.25, -0.2) is 9.18 Å². The molecule has 0 atom stereocenters. The first-order chi connectivity index (χ1) is 20.5. The van der Waals surface area contributed by atoms with E-state index in [-0.39, 0.29) is 16.9 Å². The van der Waals surface area contributed by atoms with Gasteiger partial charge in [-0.3, -0.25) is 0 Å². The summed E-state index contributed by atoms with van der Waals surface area (Å²) in [5.41, 5.74) is 0.500. The Labute approximate surface area is 254 Å². The van der Waals surface area contributed by atoms with Crippen molar-refractivity contribution in [1.29, 1.82) is 0 Å². The lowest BCUT2D eigenvalue weighted by Gasteiger charge is -2.28. The molecule has 0 unspecified atom stereocenters. The topological polar surface area (TPSA) is 55.8 Å². The molecule has 42 heavy (non-hydrogen) atoms. The number of hydrogen-bond donors (Lipinski definition) is 1. The van der Waals surface area contributed by atoms with Gasteiger partial charge in [0.05, 0.1) is 18.8 Å². The Morgan fingerprint density at radius 1 is 0.714 bits per heavy atom. The predicted octanol–water partition coefficient (Wildman–Crippen LogP) is 11.3. The molecule has 4 nitrogen and oxygen atoms in total. The van der Waals surface area contributed by atoms with Crippen LogP contribution in [0.15, 0.2) is 36.4 Å². The third-order valence-corrected chi connectivity index (χ3v) is 8.92. The fourth-order valence-electron chi connectivity index (χ4n) is 6.40. The molecule has 0 aromatic heterocycles. The second kappa shape index (κ2) is 19.6. The highest BCUT2D eigenvalue weighted by Crippen LogP contribution is 2.35. The van der Waals surface area contributed by atoms with E-state index >= 15 is 4.39 Å². The first-order valence-corrected chi connectivity index (χ1v) is 16.9. The van der Waals surface area contributed by atoms with E-state index in [0.717, 1.165) is 43.3 Å². The van der Waals surface area contributed by atoms with E-state index in [1.807, 2.05) is 0 Å². The zero-order chi connectivity index (χ0) is 30.0. The number of carbonyl (C=O) groups is 1. The molecule has 0 spiro atoms. The van der Waals surface area contributed by atoms with Gasteiger partial charge >= 0.3 is 5.97 Å². The molecule has 2 aromatic rings. The summed E-state index contributed by atoms with van der Waals surface area (Å²) in [6.45, 7) is 5.60. The number of rotatable bonds is 21. The molecule has 0 bridgehead atoms. The summed E-state index contributed by atoms with van der Waals surface area (Å²) in [4.78, 5) is 11.9. The molecule has 1 N–H and O–H groups in total. The second-order valence-corrected chi connectivity index (χ2v) is 12.3. The van der Waals surface area contributed by atoms with Crippen molar-refractivity contribution in [2.24, 2.45) is 11.8 Å². The lowest BCUT2D eigenvalue weighted by molar-refractivity contribution is 0.0697. The molecule has 1 fully saturated rings. The number of unbranched alkanes of at least 4 members (excludes halogenated alkanes) is 9. The van der Waals surface area contributed by atoms with Gasteiger partial charge in [-0.1, -0.05) is 122 Å². The van der Waals surface area contributed by atoms with Crippen LogP contribution in [0.25, 0.3) is 11.1 Å². The fourth-order valence-corrected chi connectivity index (χ4v) is 6.40. The Morgan fingerprint density at radius 2 is 1.29 bits per heavy atom. The van der Waals surface area contributed by atoms with Crippen LogP contribution < -0.4 is 9.47 Å². The zero-order valence-electron chi connectivity index (χ0n) is 26.3. The first-order valence-electron chi connectivity index (χ1n) is 16.9. The Hall–Kier alpha value is -2.56. The van der Waals surface area contributed by atoms with Crippen LogP contribution in [-0.4, -0.2) is 24.3 Å². The average Bonchev–Trinajstić information content (AvgIpc) is 3.00. The molecule has 0 radical (unpaired) electrons. The largest absolute Gasteiger partial charge is 0.494 e. The van der Waals surface area contributed by atoms with Crippen LogP contribution in [0.3, 0.4) is 0 Å². The number of halogens is 1. The molecular formula is C37H55FO4. The lowest BCUT2D eigenvalue weighted by atomic mass is 9.78. The predicted molar refractivity (Wildman–Crippen MR) is 171 cm³/mol. The molecule has 0 amide bonds. The number of carboxylic acids is 1. The summed E-state index contributed by atoms with van der Waals surface area (Å²) < 4.78 is 27.3. The molecule has 1 aliphatic rings. The summed E-state index contributed by atoms with van der Waals surface area (Å²) in [5.74, 6) is 0.801. The van der Waals surface area contributed by atoms with Crippen LogP contribution in [0.4, 0.5) is 4.39 Å². The maximum Gasteiger partial charge on any atom is 0.336 e. The van der Waals surface area contributed by atoms with E-state index in [9.17, 15) is 9.90 Å². The average molecular weight is 583 g/mol. The van der Waals surface area contributed by atoms with Crippen molar-refractivity contribution in [2.75, 3.05) is 13.2 Å². The van der Waals surface area contributed by atoms with Crippen molar-refractivity contribution >= 4 is 5.97 Å². The van der Waals surface area contributed by atoms with E-state index in [4.69, 9.17) is 9.47 Å². The van der Waals surface area contributed by atoms with E-state index in [0.29, 0.717) is 18.8 Å². The molecule has 0 heterocycles. The van der Waals surface area contributed by atoms with Crippen molar-refractivity contribution in [1.82, 2.24) is 0 Å². The van der Waals surface area contributed by atoms with E-state index in [1.54, 1.807) is 24.3 Å². The SMILES string of the molecule is CCCCCCCCCCCCOc1ccc(C(=O)O)c(-c2ccc(OCCCC3CCC(CCC)CC3)cc2)c1F. The normalized spacial score (nSPS) is 16.8. The minimum Gasteiger partial charge on any atom is -0.494 e. The van der Waals surface area contributed by atoms with E-state index in [2.05, 4.69) is 13.8 Å². The molecule has 0 saturated heterocycles. The van der Waals surface area contributed by atoms with Crippen molar-refractivity contribution in [3.05, 3.63) is 47.8 Å². The summed E-state index contributed by atoms with van der Waals surface area (Å²) in [5, 5.41) is 9.73. The lowest BCUT2D eigenvalue weighted by Crippen LogP contribution is -2.15. The highest BCUT2D eigenvalue weighted by molar-refractivity contribution is 5.96. The van der Waals surface area contributed by atoms with Crippen LogP contribution in [0.2, 0.25) is 0 Å². The Kier molecular flexibility index (Phi) is 15.8. The maximum absolute atomic E-state index is 15.6. The minimum absolute atomic E-state index is 0.0632. The van der Waals surface area contributed by atoms with Crippen molar-refractivity contribution < 1.29 is 23.8 Å². The van der Waals surface area contributed by atoms with Gasteiger partial charge in [0.2, 0.25) is 0 Å². The fraction of sp³-hybridized carbons (Fsp3) is 0.649. The molecule has 0 aliphatic heterocycles. The highest BCUT2D eigenvalue weighted by Gasteiger charge is 2.21. The van der Waals surface area contributed by atoms with E-state index < -0.39 is 11.8 Å². The minimum atomic E-state index is -1.16. The number of benzene rings is 2. The van der Waals surface area contributed by atoms with Gasteiger partial charge in [0.15, 0.2) is 11.6 Å². The van der Waals surface area contributed by atoms with Crippen molar-refractivity contribution in [3.63, 3.8) is 0 Å². The van der Waals surface area contributed by atoms with Gasteiger partial charge in [-0.15, -0.1) is 0 Å². The van der Waals surface area contributed by atoms with Crippen LogP contribution >= 0.6 is 0 Å². The Balaban J connectivity index is 1.44. The standard InChI is InChI=1S/C37H55FO4/c1-3-5-6-7-8-9-10-11-12-13-27-42-34-26-25-33(37(39)40)35(36(34)38)31-21-23-32(24-22-31)41-28-14-16-30-19-17-29(15-4-2)18-20-30/h21-26,29-30H,3-20,27-28H2,1-2H3,(H,39,40). The van der Waals surface area contributed by atoms with Crippen LogP contribution in [0.5, 0.6) is 11.5 Å². The van der Waals surface area contributed by atoms with Crippen LogP contribution in [0.1, 0.15) is 140 Å². The monoisotopic (exact) mass is 582 g/mol. The summed E-state index contributed by atoms with van der Waals surface area (Å²) in [6.07, 6.45) is 22.5. The number of aromatic carboxylic acids is 1. The number of carboxylic acid groups (broad SMARTS) is 1. The maximum atomic E-state index is 15.6. The van der Waals surface area contributed by atoms with E-state index in [1.165, 1.54) is 102 Å². The third-order valence-electron chi connectivity index (χ3n) is 8.92. The molecule has 1 saturated carbocycles. The van der Waals surface area contributed by atoms with Crippen LogP contribution in [0, 0.1) is 17.7 Å². The molecule has 234 valence electrons. The van der Waals surface area contributed by atoms with Crippen molar-refractivity contribution in [2.45, 2.75) is 129 Å².